The first-order valence-corrected chi connectivity index (χ1v) is 11.3. The maximum atomic E-state index is 13.9. The Morgan fingerprint density at radius 2 is 1.86 bits per heavy atom. The average molecular weight is 472 g/mol. The average Bonchev–Trinajstić information content (AvgIpc) is 3.32. The van der Waals surface area contributed by atoms with E-state index in [9.17, 15) is 9.18 Å². The molecule has 0 saturated carbocycles. The van der Waals surface area contributed by atoms with E-state index in [4.69, 9.17) is 10.1 Å². The first kappa shape index (κ1) is 22.6. The van der Waals surface area contributed by atoms with Crippen LogP contribution in [-0.4, -0.2) is 32.0 Å². The van der Waals surface area contributed by atoms with Crippen LogP contribution in [-0.2, 0) is 26.7 Å². The molecule has 3 heterocycles. The van der Waals surface area contributed by atoms with Gasteiger partial charge in [0.1, 0.15) is 11.6 Å². The Morgan fingerprint density at radius 3 is 2.57 bits per heavy atom. The third-order valence-corrected chi connectivity index (χ3v) is 6.46. The number of benzene rings is 2. The molecule has 2 aromatic heterocycles. The number of rotatable bonds is 6. The van der Waals surface area contributed by atoms with Crippen LogP contribution in [0.5, 0.6) is 5.75 Å². The molecule has 0 saturated heterocycles. The van der Waals surface area contributed by atoms with Crippen molar-refractivity contribution >= 4 is 5.91 Å². The van der Waals surface area contributed by atoms with Gasteiger partial charge in [0.25, 0.3) is 5.91 Å². The highest BCUT2D eigenvalue weighted by Crippen LogP contribution is 2.36. The van der Waals surface area contributed by atoms with Gasteiger partial charge in [0, 0.05) is 43.8 Å². The van der Waals surface area contributed by atoms with Crippen molar-refractivity contribution in [2.45, 2.75) is 26.6 Å². The molecule has 1 amide bonds. The maximum absolute atomic E-state index is 13.9. The number of pyridine rings is 1. The fourth-order valence-corrected chi connectivity index (χ4v) is 4.63. The quantitative estimate of drug-likeness (QED) is 0.461. The van der Waals surface area contributed by atoms with Crippen LogP contribution in [0.4, 0.5) is 4.39 Å². The second kappa shape index (κ2) is 8.87. The monoisotopic (exact) mass is 471 g/mol. The molecule has 4 aromatic rings. The molecule has 1 aliphatic rings. The van der Waals surface area contributed by atoms with Crippen LogP contribution in [0.1, 0.15) is 32.7 Å². The molecule has 178 valence electrons. The summed E-state index contributed by atoms with van der Waals surface area (Å²) in [6.45, 7) is 3.11. The van der Waals surface area contributed by atoms with Crippen LogP contribution in [0.2, 0.25) is 0 Å². The number of nitrogens with zero attached hydrogens (tertiary/aromatic N) is 4. The van der Waals surface area contributed by atoms with Crippen molar-refractivity contribution in [2.24, 2.45) is 7.05 Å². The third-order valence-electron chi connectivity index (χ3n) is 6.46. The summed E-state index contributed by atoms with van der Waals surface area (Å²) in [5, 5.41) is 8.28. The first-order valence-electron chi connectivity index (χ1n) is 11.3. The van der Waals surface area contributed by atoms with Gasteiger partial charge < -0.3 is 18.8 Å². The predicted molar refractivity (Wildman–Crippen MR) is 129 cm³/mol. The van der Waals surface area contributed by atoms with Crippen molar-refractivity contribution in [3.63, 3.8) is 0 Å². The van der Waals surface area contributed by atoms with Crippen LogP contribution in [0.15, 0.2) is 61.1 Å². The Labute approximate surface area is 202 Å². The molecule has 0 bridgehead atoms. The van der Waals surface area contributed by atoms with Crippen molar-refractivity contribution in [1.82, 2.24) is 19.0 Å². The number of hydrogen-bond donors (Lipinski definition) is 1. The van der Waals surface area contributed by atoms with E-state index in [0.29, 0.717) is 36.6 Å². The summed E-state index contributed by atoms with van der Waals surface area (Å²) in [6.07, 6.45) is 5.35. The maximum Gasteiger partial charge on any atom is 0.254 e. The minimum Gasteiger partial charge on any atom is -0.497 e. The standard InChI is InChI=1S/C27H26FN5O2/c1-17-10-19(28)4-5-22(17)23-11-18(14-32-9-8-31(2)27(32)29)12-24-25(23)16-33(26(24)34)15-20-13-21(35-3)6-7-30-20/h4-13,29H,14-16H2,1-3H3. The van der Waals surface area contributed by atoms with Gasteiger partial charge in [0.15, 0.2) is 0 Å². The molecule has 35 heavy (non-hydrogen) atoms. The van der Waals surface area contributed by atoms with E-state index in [0.717, 1.165) is 33.5 Å². The Balaban J connectivity index is 1.57. The van der Waals surface area contributed by atoms with Gasteiger partial charge >= 0.3 is 0 Å². The van der Waals surface area contributed by atoms with Crippen LogP contribution >= 0.6 is 0 Å². The summed E-state index contributed by atoms with van der Waals surface area (Å²) >= 11 is 0. The zero-order valence-corrected chi connectivity index (χ0v) is 19.9. The van der Waals surface area contributed by atoms with Gasteiger partial charge in [-0.2, -0.15) is 0 Å². The fourth-order valence-electron chi connectivity index (χ4n) is 4.63. The molecule has 0 radical (unpaired) electrons. The normalized spacial score (nSPS) is 12.8. The molecular formula is C27H26FN5O2. The van der Waals surface area contributed by atoms with E-state index in [1.165, 1.54) is 12.1 Å². The number of hydrogen-bond acceptors (Lipinski definition) is 4. The van der Waals surface area contributed by atoms with Crippen LogP contribution in [0, 0.1) is 18.2 Å². The topological polar surface area (TPSA) is 76.1 Å². The lowest BCUT2D eigenvalue weighted by Gasteiger charge is -2.16. The molecule has 1 aliphatic heterocycles. The first-order chi connectivity index (χ1) is 16.8. The molecule has 1 N–H and O–H groups in total. The van der Waals surface area contributed by atoms with Gasteiger partial charge in [0.2, 0.25) is 5.62 Å². The smallest absolute Gasteiger partial charge is 0.254 e. The Bertz CT molecular complexity index is 1500. The highest BCUT2D eigenvalue weighted by atomic mass is 19.1. The number of ether oxygens (including phenoxy) is 1. The summed E-state index contributed by atoms with van der Waals surface area (Å²) in [4.78, 5) is 19.7. The molecule has 0 spiro atoms. The number of nitrogens with one attached hydrogen (secondary N) is 1. The van der Waals surface area contributed by atoms with Crippen molar-refractivity contribution in [3.05, 3.63) is 100 Å². The van der Waals surface area contributed by atoms with Gasteiger partial charge in [-0.1, -0.05) is 6.07 Å². The lowest BCUT2D eigenvalue weighted by molar-refractivity contribution is 0.0764. The SMILES string of the molecule is COc1ccnc(CN2Cc3c(cc(Cn4ccn(C)c4=N)cc3-c3ccc(F)cc3C)C2=O)c1. The Hall–Kier alpha value is -4.20. The molecule has 0 aliphatic carbocycles. The largest absolute Gasteiger partial charge is 0.497 e. The molecule has 2 aromatic carbocycles. The number of imidazole rings is 1. The number of carbonyl (C=O) groups is 1. The van der Waals surface area contributed by atoms with Crippen LogP contribution in [0.25, 0.3) is 11.1 Å². The molecule has 8 heteroatoms. The molecule has 5 rings (SSSR count). The fraction of sp³-hybridized carbons (Fsp3) is 0.222. The van der Waals surface area contributed by atoms with Gasteiger partial charge in [-0.05, 0) is 65.1 Å². The van der Waals surface area contributed by atoms with Crippen molar-refractivity contribution in [2.75, 3.05) is 7.11 Å². The Morgan fingerprint density at radius 1 is 1.06 bits per heavy atom. The molecule has 0 fully saturated rings. The van der Waals surface area contributed by atoms with E-state index >= 15 is 0 Å². The summed E-state index contributed by atoms with van der Waals surface area (Å²) in [7, 11) is 3.42. The highest BCUT2D eigenvalue weighted by Gasteiger charge is 2.31. The number of carbonyl (C=O) groups excluding carboxylic acids is 1. The van der Waals surface area contributed by atoms with Gasteiger partial charge in [-0.3, -0.25) is 15.2 Å². The molecular weight excluding hydrogens is 445 g/mol. The minimum atomic E-state index is -0.292. The van der Waals surface area contributed by atoms with E-state index in [1.807, 2.05) is 43.1 Å². The van der Waals surface area contributed by atoms with E-state index < -0.39 is 0 Å². The van der Waals surface area contributed by atoms with Crippen molar-refractivity contribution in [3.8, 4) is 16.9 Å². The van der Waals surface area contributed by atoms with Crippen LogP contribution in [0.3, 0.4) is 0 Å². The number of aryl methyl sites for hydroxylation is 2. The second-order valence-corrected chi connectivity index (χ2v) is 8.84. The minimum absolute atomic E-state index is 0.0726. The second-order valence-electron chi connectivity index (χ2n) is 8.84. The van der Waals surface area contributed by atoms with Gasteiger partial charge in [-0.15, -0.1) is 0 Å². The van der Waals surface area contributed by atoms with Crippen molar-refractivity contribution in [1.29, 1.82) is 5.41 Å². The summed E-state index contributed by atoms with van der Waals surface area (Å²) in [6, 6.07) is 12.3. The molecule has 7 nitrogen and oxygen atoms in total. The van der Waals surface area contributed by atoms with Gasteiger partial charge in [-0.25, -0.2) is 4.39 Å². The zero-order chi connectivity index (χ0) is 24.7. The zero-order valence-electron chi connectivity index (χ0n) is 19.9. The summed E-state index contributed by atoms with van der Waals surface area (Å²) in [5.41, 5.74) is 6.16. The van der Waals surface area contributed by atoms with Gasteiger partial charge in [0.05, 0.1) is 25.9 Å². The number of aromatic nitrogens is 3. The third kappa shape index (κ3) is 4.23. The molecule has 0 unspecified atom stereocenters. The van der Waals surface area contributed by atoms with E-state index in [2.05, 4.69) is 11.1 Å². The summed E-state index contributed by atoms with van der Waals surface area (Å²) in [5.74, 6) is 0.325. The molecule has 0 atom stereocenters. The number of methoxy groups -OCH3 is 1. The summed E-state index contributed by atoms with van der Waals surface area (Å²) < 4.78 is 22.7. The predicted octanol–water partition coefficient (Wildman–Crippen LogP) is 4.03. The van der Waals surface area contributed by atoms with E-state index in [-0.39, 0.29) is 11.7 Å². The van der Waals surface area contributed by atoms with E-state index in [1.54, 1.807) is 34.9 Å². The Kier molecular flexibility index (Phi) is 5.72. The number of amides is 1. The lowest BCUT2D eigenvalue weighted by atomic mass is 9.91. The number of halogens is 1. The number of fused-ring (bicyclic) bond motifs is 1. The van der Waals surface area contributed by atoms with Crippen molar-refractivity contribution < 1.29 is 13.9 Å². The van der Waals surface area contributed by atoms with Crippen LogP contribution < -0.4 is 10.4 Å². The lowest BCUT2D eigenvalue weighted by Crippen LogP contribution is -2.24. The highest BCUT2D eigenvalue weighted by molar-refractivity contribution is 6.01.